The lowest BCUT2D eigenvalue weighted by molar-refractivity contribution is -0.120. The molecule has 2 aromatic rings. The van der Waals surface area contributed by atoms with E-state index in [0.717, 1.165) is 35.1 Å². The molecule has 1 unspecified atom stereocenters. The van der Waals surface area contributed by atoms with E-state index >= 15 is 0 Å². The molecule has 1 N–H and O–H groups in total. The van der Waals surface area contributed by atoms with E-state index in [4.69, 9.17) is 21.6 Å². The summed E-state index contributed by atoms with van der Waals surface area (Å²) in [7, 11) is 0. The standard InChI is InChI=1S/C18H27ClN6OS/c1-12(2)27-18-22-15(24-8-5-4-6-9-24)14-11-21-25(16(14)23-18)10-7-20-17(26)13(3)19/h11-13H,4-10H2,1-3H3,(H,20,26). The molecule has 9 heteroatoms. The zero-order chi connectivity index (χ0) is 19.4. The number of fused-ring (bicyclic) bond motifs is 1. The molecule has 1 fully saturated rings. The smallest absolute Gasteiger partial charge is 0.237 e. The second kappa shape index (κ2) is 9.10. The van der Waals surface area contributed by atoms with Crippen LogP contribution in [0.1, 0.15) is 40.0 Å². The largest absolute Gasteiger partial charge is 0.356 e. The highest BCUT2D eigenvalue weighted by Gasteiger charge is 2.20. The molecule has 0 bridgehead atoms. The Bertz CT molecular complexity index is 787. The molecule has 3 rings (SSSR count). The van der Waals surface area contributed by atoms with Gasteiger partial charge in [-0.1, -0.05) is 25.6 Å². The lowest BCUT2D eigenvalue weighted by Crippen LogP contribution is -2.32. The fourth-order valence-electron chi connectivity index (χ4n) is 3.12. The summed E-state index contributed by atoms with van der Waals surface area (Å²) in [6.07, 6.45) is 5.50. The Kier molecular flexibility index (Phi) is 6.81. The second-order valence-corrected chi connectivity index (χ2v) is 9.25. The molecule has 0 aliphatic carbocycles. The van der Waals surface area contributed by atoms with E-state index in [9.17, 15) is 4.79 Å². The first-order valence-electron chi connectivity index (χ1n) is 9.52. The number of nitrogens with zero attached hydrogens (tertiary/aromatic N) is 5. The summed E-state index contributed by atoms with van der Waals surface area (Å²) in [6, 6.07) is 0. The van der Waals surface area contributed by atoms with Crippen molar-refractivity contribution in [2.75, 3.05) is 24.5 Å². The predicted octanol–water partition coefficient (Wildman–Crippen LogP) is 3.06. The second-order valence-electron chi connectivity index (χ2n) is 7.06. The third-order valence-corrected chi connectivity index (χ3v) is 5.50. The van der Waals surface area contributed by atoms with Crippen LogP contribution in [0.25, 0.3) is 11.0 Å². The molecular formula is C18H27ClN6OS. The fraction of sp³-hybridized carbons (Fsp3) is 0.667. The van der Waals surface area contributed by atoms with Crippen LogP contribution in [0.3, 0.4) is 0 Å². The number of anilines is 1. The van der Waals surface area contributed by atoms with E-state index in [0.29, 0.717) is 18.3 Å². The number of carbonyl (C=O) groups is 1. The van der Waals surface area contributed by atoms with Gasteiger partial charge in [0.1, 0.15) is 11.2 Å². The van der Waals surface area contributed by atoms with Gasteiger partial charge in [-0.15, -0.1) is 11.6 Å². The van der Waals surface area contributed by atoms with Crippen LogP contribution in [0.5, 0.6) is 0 Å². The molecule has 1 atom stereocenters. The Morgan fingerprint density at radius 1 is 1.26 bits per heavy atom. The SMILES string of the molecule is CC(C)Sc1nc(N2CCCCC2)c2cnn(CCNC(=O)C(C)Cl)c2n1. The summed E-state index contributed by atoms with van der Waals surface area (Å²) >= 11 is 7.46. The predicted molar refractivity (Wildman–Crippen MR) is 111 cm³/mol. The Hall–Kier alpha value is -1.54. The lowest BCUT2D eigenvalue weighted by atomic mass is 10.1. The molecule has 0 radical (unpaired) electrons. The molecule has 0 saturated carbocycles. The summed E-state index contributed by atoms with van der Waals surface area (Å²) < 4.78 is 1.84. The summed E-state index contributed by atoms with van der Waals surface area (Å²) in [5, 5.41) is 8.94. The number of thioether (sulfide) groups is 1. The van der Waals surface area contributed by atoms with Crippen molar-refractivity contribution in [1.82, 2.24) is 25.1 Å². The maximum absolute atomic E-state index is 11.7. The van der Waals surface area contributed by atoms with Crippen molar-refractivity contribution in [2.45, 2.75) is 62.4 Å². The van der Waals surface area contributed by atoms with Crippen LogP contribution in [0.4, 0.5) is 5.82 Å². The quantitative estimate of drug-likeness (QED) is 0.429. The van der Waals surface area contributed by atoms with Crippen molar-refractivity contribution in [3.8, 4) is 0 Å². The van der Waals surface area contributed by atoms with Crippen molar-refractivity contribution in [3.05, 3.63) is 6.20 Å². The van der Waals surface area contributed by atoms with E-state index in [1.54, 1.807) is 18.7 Å². The minimum absolute atomic E-state index is 0.173. The monoisotopic (exact) mass is 410 g/mol. The molecule has 1 amide bonds. The van der Waals surface area contributed by atoms with Crippen LogP contribution < -0.4 is 10.2 Å². The van der Waals surface area contributed by atoms with Gasteiger partial charge in [-0.25, -0.2) is 14.6 Å². The molecule has 2 aromatic heterocycles. The molecule has 0 aromatic carbocycles. The van der Waals surface area contributed by atoms with Gasteiger partial charge < -0.3 is 10.2 Å². The number of amides is 1. The average Bonchev–Trinajstić information content (AvgIpc) is 3.04. The van der Waals surface area contributed by atoms with E-state index in [-0.39, 0.29) is 5.91 Å². The van der Waals surface area contributed by atoms with Gasteiger partial charge in [-0.2, -0.15) is 5.10 Å². The third-order valence-electron chi connectivity index (χ3n) is 4.44. The molecule has 3 heterocycles. The first-order valence-corrected chi connectivity index (χ1v) is 10.8. The van der Waals surface area contributed by atoms with E-state index in [1.807, 2.05) is 10.9 Å². The number of piperidine rings is 1. The average molecular weight is 411 g/mol. The first kappa shape index (κ1) is 20.2. The van der Waals surface area contributed by atoms with Crippen molar-refractivity contribution < 1.29 is 4.79 Å². The summed E-state index contributed by atoms with van der Waals surface area (Å²) in [4.78, 5) is 23.6. The Morgan fingerprint density at radius 3 is 2.67 bits per heavy atom. The molecule has 1 aliphatic rings. The van der Waals surface area contributed by atoms with Crippen LogP contribution in [-0.4, -0.2) is 55.9 Å². The molecular weight excluding hydrogens is 384 g/mol. The fourth-order valence-corrected chi connectivity index (χ4v) is 3.90. The number of halogens is 1. The molecule has 7 nitrogen and oxygen atoms in total. The van der Waals surface area contributed by atoms with E-state index < -0.39 is 5.38 Å². The third kappa shape index (κ3) is 5.04. The highest BCUT2D eigenvalue weighted by atomic mass is 35.5. The van der Waals surface area contributed by atoms with E-state index in [1.165, 1.54) is 19.3 Å². The highest BCUT2D eigenvalue weighted by Crippen LogP contribution is 2.30. The molecule has 27 heavy (non-hydrogen) atoms. The van der Waals surface area contributed by atoms with Crippen LogP contribution in [0, 0.1) is 0 Å². The summed E-state index contributed by atoms with van der Waals surface area (Å²) in [5.74, 6) is 0.806. The van der Waals surface area contributed by atoms with Crippen LogP contribution >= 0.6 is 23.4 Å². The number of nitrogens with one attached hydrogen (secondary N) is 1. The van der Waals surface area contributed by atoms with Crippen molar-refractivity contribution >= 4 is 46.1 Å². The van der Waals surface area contributed by atoms with Crippen molar-refractivity contribution in [3.63, 3.8) is 0 Å². The van der Waals surface area contributed by atoms with Gasteiger partial charge in [0, 0.05) is 24.9 Å². The Morgan fingerprint density at radius 2 is 2.00 bits per heavy atom. The van der Waals surface area contributed by atoms with E-state index in [2.05, 4.69) is 29.2 Å². The lowest BCUT2D eigenvalue weighted by Gasteiger charge is -2.28. The minimum atomic E-state index is -0.540. The van der Waals surface area contributed by atoms with Crippen LogP contribution in [0.15, 0.2) is 11.4 Å². The first-order chi connectivity index (χ1) is 13.0. The molecule has 0 spiro atoms. The maximum Gasteiger partial charge on any atom is 0.237 e. The zero-order valence-corrected chi connectivity index (χ0v) is 17.7. The number of aromatic nitrogens is 4. The normalized spacial score (nSPS) is 16.1. The van der Waals surface area contributed by atoms with Gasteiger partial charge in [0.25, 0.3) is 0 Å². The van der Waals surface area contributed by atoms with Gasteiger partial charge in [-0.3, -0.25) is 4.79 Å². The molecule has 148 valence electrons. The van der Waals surface area contributed by atoms with Gasteiger partial charge in [0.05, 0.1) is 18.1 Å². The van der Waals surface area contributed by atoms with Gasteiger partial charge in [0.2, 0.25) is 5.91 Å². The number of carbonyl (C=O) groups excluding carboxylic acids is 1. The maximum atomic E-state index is 11.7. The molecule has 1 aliphatic heterocycles. The summed E-state index contributed by atoms with van der Waals surface area (Å²) in [5.41, 5.74) is 0.821. The number of hydrogen-bond acceptors (Lipinski definition) is 6. The van der Waals surface area contributed by atoms with Gasteiger partial charge in [-0.05, 0) is 26.2 Å². The number of alkyl halides is 1. The Labute approximate surface area is 169 Å². The van der Waals surface area contributed by atoms with Crippen LogP contribution in [0.2, 0.25) is 0 Å². The van der Waals surface area contributed by atoms with Gasteiger partial charge in [0.15, 0.2) is 10.8 Å². The topological polar surface area (TPSA) is 75.9 Å². The number of rotatable bonds is 7. The van der Waals surface area contributed by atoms with Crippen molar-refractivity contribution in [1.29, 1.82) is 0 Å². The molecule has 1 saturated heterocycles. The zero-order valence-electron chi connectivity index (χ0n) is 16.1. The number of hydrogen-bond donors (Lipinski definition) is 1. The summed E-state index contributed by atoms with van der Waals surface area (Å²) in [6.45, 7) is 8.98. The Balaban J connectivity index is 1.88. The van der Waals surface area contributed by atoms with Crippen LogP contribution in [-0.2, 0) is 11.3 Å². The minimum Gasteiger partial charge on any atom is -0.356 e. The van der Waals surface area contributed by atoms with Gasteiger partial charge >= 0.3 is 0 Å². The van der Waals surface area contributed by atoms with Crippen molar-refractivity contribution in [2.24, 2.45) is 0 Å². The highest BCUT2D eigenvalue weighted by molar-refractivity contribution is 7.99.